The third-order valence-electron chi connectivity index (χ3n) is 6.42. The molecule has 2 aromatic rings. The van der Waals surface area contributed by atoms with Gasteiger partial charge < -0.3 is 15.4 Å². The van der Waals surface area contributed by atoms with Crippen LogP contribution in [0.15, 0.2) is 42.5 Å². The summed E-state index contributed by atoms with van der Waals surface area (Å²) in [5.74, 6) is -3.29. The van der Waals surface area contributed by atoms with Crippen LogP contribution in [0.25, 0.3) is 0 Å². The molecule has 10 nitrogen and oxygen atoms in total. The summed E-state index contributed by atoms with van der Waals surface area (Å²) in [6.45, 7) is 3.18. The van der Waals surface area contributed by atoms with Crippen LogP contribution in [-0.2, 0) is 16.1 Å². The zero-order chi connectivity index (χ0) is 27.8. The monoisotopic (exact) mass is 532 g/mol. The van der Waals surface area contributed by atoms with Gasteiger partial charge >= 0.3 is 12.4 Å². The Labute approximate surface area is 214 Å². The number of amides is 6. The zero-order valence-corrected chi connectivity index (χ0v) is 20.3. The number of nitrogens with zero attached hydrogens (tertiary/aromatic N) is 1. The van der Waals surface area contributed by atoms with Gasteiger partial charge in [0, 0.05) is 18.7 Å². The van der Waals surface area contributed by atoms with Gasteiger partial charge in [-0.15, -0.1) is 13.2 Å². The number of hydrogen-bond donors (Lipinski definition) is 3. The van der Waals surface area contributed by atoms with E-state index in [1.165, 1.54) is 24.3 Å². The van der Waals surface area contributed by atoms with Crippen molar-refractivity contribution in [2.24, 2.45) is 5.92 Å². The lowest BCUT2D eigenvalue weighted by Crippen LogP contribution is -2.58. The summed E-state index contributed by atoms with van der Waals surface area (Å²) in [5, 5.41) is 7.28. The van der Waals surface area contributed by atoms with E-state index in [2.05, 4.69) is 20.7 Å². The summed E-state index contributed by atoms with van der Waals surface area (Å²) in [6, 6.07) is 8.42. The standard InChI is InChI=1S/C25H23F3N4O6/c1-24(2,18-9-10-19(33)31-20(18)34)32-21(35)16-8-3-13(11-17(16)22(32)36)12-29-23(37)30-14-4-6-15(7-5-14)38-25(26,27)28/h3-8,11,18H,9-10,12H2,1-2H3,(H2,29,30,37)(H,31,33,34). The van der Waals surface area contributed by atoms with Crippen molar-refractivity contribution in [2.75, 3.05) is 5.32 Å². The Bertz CT molecular complexity index is 1320. The van der Waals surface area contributed by atoms with Crippen molar-refractivity contribution < 1.29 is 41.9 Å². The van der Waals surface area contributed by atoms with Crippen molar-refractivity contribution in [1.29, 1.82) is 0 Å². The number of urea groups is 1. The van der Waals surface area contributed by atoms with Crippen molar-refractivity contribution in [3.8, 4) is 5.75 Å². The molecule has 4 rings (SSSR count). The smallest absolute Gasteiger partial charge is 0.406 e. The molecular weight excluding hydrogens is 509 g/mol. The maximum Gasteiger partial charge on any atom is 0.573 e. The zero-order valence-electron chi connectivity index (χ0n) is 20.3. The molecule has 2 aromatic carbocycles. The van der Waals surface area contributed by atoms with E-state index in [1.807, 2.05) is 0 Å². The van der Waals surface area contributed by atoms with Gasteiger partial charge in [0.05, 0.1) is 22.6 Å². The van der Waals surface area contributed by atoms with Gasteiger partial charge in [-0.25, -0.2) is 4.79 Å². The third-order valence-corrected chi connectivity index (χ3v) is 6.42. The van der Waals surface area contributed by atoms with E-state index in [1.54, 1.807) is 19.9 Å². The minimum absolute atomic E-state index is 0.0214. The molecule has 3 N–H and O–H groups in total. The van der Waals surface area contributed by atoms with Crippen LogP contribution in [0.2, 0.25) is 0 Å². The number of ether oxygens (including phenoxy) is 1. The number of carbonyl (C=O) groups is 5. The fourth-order valence-corrected chi connectivity index (χ4v) is 4.54. The number of fused-ring (bicyclic) bond motifs is 1. The molecule has 2 heterocycles. The molecule has 0 radical (unpaired) electrons. The topological polar surface area (TPSA) is 134 Å². The summed E-state index contributed by atoms with van der Waals surface area (Å²) >= 11 is 0. The average Bonchev–Trinajstić information content (AvgIpc) is 3.07. The lowest BCUT2D eigenvalue weighted by Gasteiger charge is -2.41. The Morgan fingerprint density at radius 2 is 1.68 bits per heavy atom. The lowest BCUT2D eigenvalue weighted by atomic mass is 9.80. The van der Waals surface area contributed by atoms with Gasteiger partial charge in [0.1, 0.15) is 5.75 Å². The van der Waals surface area contributed by atoms with Gasteiger partial charge in [0.2, 0.25) is 11.8 Å². The quantitative estimate of drug-likeness (QED) is 0.489. The highest BCUT2D eigenvalue weighted by molar-refractivity contribution is 6.22. The fourth-order valence-electron chi connectivity index (χ4n) is 4.54. The van der Waals surface area contributed by atoms with Gasteiger partial charge in [-0.2, -0.15) is 0 Å². The number of halogens is 3. The summed E-state index contributed by atoms with van der Waals surface area (Å²) in [7, 11) is 0. The Kier molecular flexibility index (Phi) is 6.87. The average molecular weight is 532 g/mol. The molecule has 6 amide bonds. The number of nitrogens with one attached hydrogen (secondary N) is 3. The Balaban J connectivity index is 1.40. The van der Waals surface area contributed by atoms with E-state index < -0.39 is 53.2 Å². The van der Waals surface area contributed by atoms with Crippen LogP contribution in [0.1, 0.15) is 53.0 Å². The lowest BCUT2D eigenvalue weighted by molar-refractivity contribution is -0.274. The first-order valence-electron chi connectivity index (χ1n) is 11.5. The predicted molar refractivity (Wildman–Crippen MR) is 126 cm³/mol. The summed E-state index contributed by atoms with van der Waals surface area (Å²) < 4.78 is 40.6. The highest BCUT2D eigenvalue weighted by Crippen LogP contribution is 2.37. The maximum absolute atomic E-state index is 13.2. The van der Waals surface area contributed by atoms with Crippen molar-refractivity contribution in [3.63, 3.8) is 0 Å². The van der Waals surface area contributed by atoms with E-state index in [0.717, 1.165) is 17.0 Å². The van der Waals surface area contributed by atoms with Gasteiger partial charge in [-0.1, -0.05) is 6.07 Å². The SMILES string of the molecule is CC(C)(C1CCC(=O)NC1=O)N1C(=O)c2ccc(CNC(=O)Nc3ccc(OC(F)(F)F)cc3)cc2C1=O. The van der Waals surface area contributed by atoms with Crippen LogP contribution in [0.5, 0.6) is 5.75 Å². The van der Waals surface area contributed by atoms with Gasteiger partial charge in [-0.3, -0.25) is 29.4 Å². The molecule has 1 atom stereocenters. The van der Waals surface area contributed by atoms with Gasteiger partial charge in [-0.05, 0) is 62.2 Å². The van der Waals surface area contributed by atoms with Crippen molar-refractivity contribution in [3.05, 3.63) is 59.2 Å². The van der Waals surface area contributed by atoms with E-state index in [4.69, 9.17) is 0 Å². The second-order valence-electron chi connectivity index (χ2n) is 9.36. The second kappa shape index (κ2) is 9.80. The van der Waals surface area contributed by atoms with E-state index in [0.29, 0.717) is 5.56 Å². The molecular formula is C25H23F3N4O6. The van der Waals surface area contributed by atoms with Crippen molar-refractivity contribution in [2.45, 2.75) is 45.1 Å². The number of piperidine rings is 1. The van der Waals surface area contributed by atoms with Crippen LogP contribution in [0.4, 0.5) is 23.7 Å². The first-order valence-corrected chi connectivity index (χ1v) is 11.5. The molecule has 0 saturated carbocycles. The normalized spacial score (nSPS) is 17.7. The van der Waals surface area contributed by atoms with E-state index in [9.17, 15) is 37.1 Å². The summed E-state index contributed by atoms with van der Waals surface area (Å²) in [6.07, 6.45) is -4.52. The molecule has 0 bridgehead atoms. The van der Waals surface area contributed by atoms with Gasteiger partial charge in [0.25, 0.3) is 11.8 Å². The van der Waals surface area contributed by atoms with Crippen LogP contribution in [-0.4, -0.2) is 46.5 Å². The summed E-state index contributed by atoms with van der Waals surface area (Å²) in [5.41, 5.74) is -0.190. The second-order valence-corrected chi connectivity index (χ2v) is 9.36. The van der Waals surface area contributed by atoms with E-state index in [-0.39, 0.29) is 36.2 Å². The number of anilines is 1. The Morgan fingerprint density at radius 1 is 1.03 bits per heavy atom. The van der Waals surface area contributed by atoms with Crippen molar-refractivity contribution >= 4 is 35.3 Å². The molecule has 13 heteroatoms. The van der Waals surface area contributed by atoms with Crippen LogP contribution in [0, 0.1) is 5.92 Å². The molecule has 1 fully saturated rings. The van der Waals surface area contributed by atoms with Crippen molar-refractivity contribution in [1.82, 2.24) is 15.5 Å². The molecule has 0 aliphatic carbocycles. The van der Waals surface area contributed by atoms with Crippen LogP contribution < -0.4 is 20.7 Å². The maximum atomic E-state index is 13.2. The van der Waals surface area contributed by atoms with E-state index >= 15 is 0 Å². The molecule has 200 valence electrons. The molecule has 0 aromatic heterocycles. The number of imide groups is 2. The highest BCUT2D eigenvalue weighted by atomic mass is 19.4. The fraction of sp³-hybridized carbons (Fsp3) is 0.320. The first kappa shape index (κ1) is 26.6. The molecule has 0 spiro atoms. The first-order chi connectivity index (χ1) is 17.8. The van der Waals surface area contributed by atoms with Gasteiger partial charge in [0.15, 0.2) is 0 Å². The Hall–Kier alpha value is -4.42. The number of alkyl halides is 3. The molecule has 38 heavy (non-hydrogen) atoms. The minimum Gasteiger partial charge on any atom is -0.406 e. The molecule has 1 saturated heterocycles. The largest absolute Gasteiger partial charge is 0.573 e. The highest BCUT2D eigenvalue weighted by Gasteiger charge is 2.50. The minimum atomic E-state index is -4.83. The third kappa shape index (κ3) is 5.45. The number of rotatable bonds is 6. The molecule has 1 unspecified atom stereocenters. The molecule has 2 aliphatic rings. The molecule has 2 aliphatic heterocycles. The number of carbonyl (C=O) groups excluding carboxylic acids is 5. The Morgan fingerprint density at radius 3 is 2.32 bits per heavy atom. The number of hydrogen-bond acceptors (Lipinski definition) is 6. The van der Waals surface area contributed by atoms with Crippen LogP contribution >= 0.6 is 0 Å². The van der Waals surface area contributed by atoms with Crippen LogP contribution in [0.3, 0.4) is 0 Å². The summed E-state index contributed by atoms with van der Waals surface area (Å²) in [4.78, 5) is 63.6. The predicted octanol–water partition coefficient (Wildman–Crippen LogP) is 3.33. The number of benzene rings is 2.